The van der Waals surface area contributed by atoms with Crippen LogP contribution in [-0.2, 0) is 18.9 Å². The van der Waals surface area contributed by atoms with Crippen LogP contribution < -0.4 is 0 Å². The molecule has 0 N–H and O–H groups in total. The van der Waals surface area contributed by atoms with Crippen LogP contribution in [-0.4, -0.2) is 78.5 Å². The third kappa shape index (κ3) is 12.5. The molecular formula is C9H16N4O12. The molecule has 0 aromatic carbocycles. The molecule has 16 nitrogen and oxygen atoms in total. The summed E-state index contributed by atoms with van der Waals surface area (Å²) < 4.78 is 19.6. The van der Waals surface area contributed by atoms with Crippen molar-refractivity contribution in [2.75, 3.05) is 52.6 Å². The lowest BCUT2D eigenvalue weighted by Crippen LogP contribution is -2.46. The first-order valence-electron chi connectivity index (χ1n) is 6.70. The predicted molar refractivity (Wildman–Crippen MR) is 74.0 cm³/mol. The van der Waals surface area contributed by atoms with Gasteiger partial charge in [0.15, 0.2) is 0 Å². The Labute approximate surface area is 139 Å². The summed E-state index contributed by atoms with van der Waals surface area (Å²) in [6.07, 6.45) is -2.57. The molecule has 0 unspecified atom stereocenters. The van der Waals surface area contributed by atoms with Crippen LogP contribution >= 0.6 is 0 Å². The highest BCUT2D eigenvalue weighted by Crippen LogP contribution is 2.18. The van der Waals surface area contributed by atoms with Crippen LogP contribution in [0.2, 0.25) is 0 Å². The van der Waals surface area contributed by atoms with Gasteiger partial charge in [-0.05, 0) is 0 Å². The van der Waals surface area contributed by atoms with Gasteiger partial charge in [0.1, 0.15) is 26.4 Å². The van der Waals surface area contributed by atoms with Gasteiger partial charge < -0.3 is 0 Å². The Kier molecular flexibility index (Phi) is 10.7. The monoisotopic (exact) mass is 372 g/mol. The average molecular weight is 372 g/mol. The molecule has 0 amide bonds. The molecule has 0 fully saturated rings. The first-order valence-corrected chi connectivity index (χ1v) is 6.70. The smallest absolute Gasteiger partial charge is 0.296 e. The van der Waals surface area contributed by atoms with E-state index in [-0.39, 0.29) is 0 Å². The van der Waals surface area contributed by atoms with Gasteiger partial charge in [0.25, 0.3) is 0 Å². The molecule has 144 valence electrons. The highest BCUT2D eigenvalue weighted by Gasteiger charge is 2.38. The molecule has 25 heavy (non-hydrogen) atoms. The fraction of sp³-hybridized carbons (Fsp3) is 1.00. The largest absolute Gasteiger partial charge is 0.413 e. The van der Waals surface area contributed by atoms with E-state index in [2.05, 4.69) is 0 Å². The Hall–Kier alpha value is -2.56. The Morgan fingerprint density at radius 2 is 0.720 bits per heavy atom. The van der Waals surface area contributed by atoms with Gasteiger partial charge in [-0.3, -0.25) is 59.4 Å². The highest BCUT2D eigenvalue weighted by atomic mass is 17.0. The second kappa shape index (κ2) is 11.9. The first-order chi connectivity index (χ1) is 11.7. The zero-order valence-electron chi connectivity index (χ0n) is 12.8. The summed E-state index contributed by atoms with van der Waals surface area (Å²) in [5, 5.41) is 41.3. The van der Waals surface area contributed by atoms with E-state index in [0.717, 1.165) is 0 Å². The molecule has 0 heterocycles. The van der Waals surface area contributed by atoms with Crippen molar-refractivity contribution >= 4 is 0 Å². The molecule has 0 atom stereocenters. The molecule has 0 rings (SSSR count). The van der Waals surface area contributed by atoms with E-state index in [4.69, 9.17) is 18.9 Å². The average Bonchev–Trinajstić information content (AvgIpc) is 2.45. The van der Waals surface area contributed by atoms with Crippen LogP contribution in [0.4, 0.5) is 0 Å². The van der Waals surface area contributed by atoms with Crippen molar-refractivity contribution in [3.63, 3.8) is 0 Å². The summed E-state index contributed by atoms with van der Waals surface area (Å²) in [6.45, 7) is -5.44. The number of ether oxygens (including phenoxy) is 4. The van der Waals surface area contributed by atoms with Gasteiger partial charge in [0, 0.05) is 19.7 Å². The normalized spacial score (nSPS) is 11.2. The summed E-state index contributed by atoms with van der Waals surface area (Å²) in [7, 11) is 0. The van der Waals surface area contributed by atoms with E-state index in [1.807, 2.05) is 0 Å². The summed E-state index contributed by atoms with van der Waals surface area (Å²) in [4.78, 5) is 38.3. The fourth-order valence-electron chi connectivity index (χ4n) is 1.23. The van der Waals surface area contributed by atoms with Crippen molar-refractivity contribution in [3.8, 4) is 0 Å². The SMILES string of the molecule is O=[N+]([O-])CCOC(OCC[N+](=O)[O-])(OCC[N+](=O)[O-])OCC[N+](=O)[O-]. The number of rotatable bonds is 16. The van der Waals surface area contributed by atoms with E-state index >= 15 is 0 Å². The van der Waals surface area contributed by atoms with Gasteiger partial charge in [0.05, 0.1) is 0 Å². The molecule has 0 spiro atoms. The van der Waals surface area contributed by atoms with Gasteiger partial charge in [-0.25, -0.2) is 0 Å². The maximum Gasteiger partial charge on any atom is 0.413 e. The van der Waals surface area contributed by atoms with Crippen molar-refractivity contribution in [2.24, 2.45) is 0 Å². The molecule has 0 saturated heterocycles. The molecule has 0 radical (unpaired) electrons. The predicted octanol–water partition coefficient (Wildman–Crippen LogP) is -1.23. The van der Waals surface area contributed by atoms with Gasteiger partial charge in [0.2, 0.25) is 26.2 Å². The van der Waals surface area contributed by atoms with E-state index in [1.54, 1.807) is 0 Å². The third-order valence-electron chi connectivity index (χ3n) is 2.21. The van der Waals surface area contributed by atoms with Crippen molar-refractivity contribution in [2.45, 2.75) is 6.16 Å². The molecule has 0 bridgehead atoms. The standard InChI is InChI=1S/C9H16N4O12/c14-10(15)1-5-22-9(23-6-2-11(16)17,24-7-3-12(18)19)25-8-4-13(20)21/h1-8H2. The number of hydrogen-bond donors (Lipinski definition) is 0. The zero-order valence-corrected chi connectivity index (χ0v) is 12.8. The van der Waals surface area contributed by atoms with Crippen LogP contribution in [0.15, 0.2) is 0 Å². The summed E-state index contributed by atoms with van der Waals surface area (Å²) in [5.41, 5.74) is 0. The fourth-order valence-corrected chi connectivity index (χ4v) is 1.23. The van der Waals surface area contributed by atoms with Crippen molar-refractivity contribution < 1.29 is 38.6 Å². The molecule has 16 heteroatoms. The second-order valence-electron chi connectivity index (χ2n) is 4.12. The van der Waals surface area contributed by atoms with Crippen LogP contribution in [0.3, 0.4) is 0 Å². The van der Waals surface area contributed by atoms with E-state index in [0.29, 0.717) is 0 Å². The first kappa shape index (κ1) is 22.4. The molecule has 0 aliphatic carbocycles. The minimum absolute atomic E-state index is 0.637. The summed E-state index contributed by atoms with van der Waals surface area (Å²) in [5.74, 6) is 0. The lowest BCUT2D eigenvalue weighted by molar-refractivity contribution is -0.558. The van der Waals surface area contributed by atoms with Crippen LogP contribution in [0, 0.1) is 40.5 Å². The Balaban J connectivity index is 4.96. The van der Waals surface area contributed by atoms with Gasteiger partial charge in [-0.15, -0.1) is 0 Å². The molecule has 0 aromatic heterocycles. The van der Waals surface area contributed by atoms with Crippen molar-refractivity contribution in [1.82, 2.24) is 0 Å². The van der Waals surface area contributed by atoms with E-state index < -0.39 is 78.5 Å². The molecule has 0 aliphatic heterocycles. The van der Waals surface area contributed by atoms with E-state index in [1.165, 1.54) is 0 Å². The molecule has 0 saturated carbocycles. The van der Waals surface area contributed by atoms with Crippen molar-refractivity contribution in [1.29, 1.82) is 0 Å². The second-order valence-corrected chi connectivity index (χ2v) is 4.12. The lowest BCUT2D eigenvalue weighted by atomic mass is 10.6. The maximum atomic E-state index is 10.3. The molecular weight excluding hydrogens is 356 g/mol. The van der Waals surface area contributed by atoms with Gasteiger partial charge in [-0.1, -0.05) is 0 Å². The Morgan fingerprint density at radius 1 is 0.520 bits per heavy atom. The zero-order chi connectivity index (χ0) is 19.3. The highest BCUT2D eigenvalue weighted by molar-refractivity contribution is 4.47. The Bertz CT molecular complexity index is 386. The van der Waals surface area contributed by atoms with Gasteiger partial charge >= 0.3 is 6.16 Å². The minimum Gasteiger partial charge on any atom is -0.296 e. The maximum absolute atomic E-state index is 10.3. The lowest BCUT2D eigenvalue weighted by Gasteiger charge is -2.30. The van der Waals surface area contributed by atoms with Crippen LogP contribution in [0.5, 0.6) is 0 Å². The summed E-state index contributed by atoms with van der Waals surface area (Å²) in [6, 6.07) is 0. The quantitative estimate of drug-likeness (QED) is 0.177. The summed E-state index contributed by atoms with van der Waals surface area (Å²) >= 11 is 0. The minimum atomic E-state index is -2.57. The van der Waals surface area contributed by atoms with Crippen LogP contribution in [0.25, 0.3) is 0 Å². The number of nitro groups is 4. The third-order valence-corrected chi connectivity index (χ3v) is 2.21. The van der Waals surface area contributed by atoms with Crippen LogP contribution in [0.1, 0.15) is 0 Å². The topological polar surface area (TPSA) is 209 Å². The molecule has 0 aromatic rings. The molecule has 0 aliphatic rings. The number of nitrogens with zero attached hydrogens (tertiary/aromatic N) is 4. The van der Waals surface area contributed by atoms with Gasteiger partial charge in [-0.2, -0.15) is 0 Å². The number of hydrogen-bond acceptors (Lipinski definition) is 12. The van der Waals surface area contributed by atoms with Crippen molar-refractivity contribution in [3.05, 3.63) is 40.5 Å². The van der Waals surface area contributed by atoms with E-state index in [9.17, 15) is 40.5 Å². The Morgan fingerprint density at radius 3 is 0.880 bits per heavy atom.